The Hall–Kier alpha value is -1.28. The predicted molar refractivity (Wildman–Crippen MR) is 93.4 cm³/mol. The Morgan fingerprint density at radius 3 is 2.74 bits per heavy atom. The van der Waals surface area contributed by atoms with Crippen molar-refractivity contribution in [2.24, 2.45) is 17.3 Å². The highest BCUT2D eigenvalue weighted by Gasteiger charge is 2.54. The normalized spacial score (nSPS) is 38.6. The molecule has 3 aliphatic rings. The van der Waals surface area contributed by atoms with E-state index in [1.165, 1.54) is 30.4 Å². The summed E-state index contributed by atoms with van der Waals surface area (Å²) >= 11 is 0. The number of phenols is 1. The number of aliphatic hydroxyl groups excluding tert-OH is 1. The van der Waals surface area contributed by atoms with Crippen molar-refractivity contribution >= 4 is 5.57 Å². The second kappa shape index (κ2) is 5.11. The first kappa shape index (κ1) is 15.3. The quantitative estimate of drug-likeness (QED) is 0.793. The number of allylic oxidation sites excluding steroid dienone is 1. The van der Waals surface area contributed by atoms with Gasteiger partial charge in [-0.3, -0.25) is 0 Å². The highest BCUT2D eigenvalue weighted by Crippen LogP contribution is 2.61. The van der Waals surface area contributed by atoms with E-state index in [1.54, 1.807) is 0 Å². The Balaban J connectivity index is 1.74. The molecule has 2 N–H and O–H groups in total. The second-order valence-electron chi connectivity index (χ2n) is 8.40. The van der Waals surface area contributed by atoms with E-state index in [-0.39, 0.29) is 11.5 Å². The van der Waals surface area contributed by atoms with E-state index < -0.39 is 0 Å². The van der Waals surface area contributed by atoms with Crippen LogP contribution in [0.5, 0.6) is 5.75 Å². The number of hydrogen-bond donors (Lipinski definition) is 2. The summed E-state index contributed by atoms with van der Waals surface area (Å²) in [5, 5.41) is 20.7. The molecule has 0 saturated heterocycles. The van der Waals surface area contributed by atoms with Crippen LogP contribution >= 0.6 is 0 Å². The van der Waals surface area contributed by atoms with E-state index in [0.29, 0.717) is 23.5 Å². The molecular formula is C21H28O2. The lowest BCUT2D eigenvalue weighted by Crippen LogP contribution is -2.43. The average molecular weight is 312 g/mol. The highest BCUT2D eigenvalue weighted by molar-refractivity contribution is 5.68. The summed E-state index contributed by atoms with van der Waals surface area (Å²) in [6.45, 7) is 8.30. The summed E-state index contributed by atoms with van der Waals surface area (Å²) in [7, 11) is 0. The number of aromatic hydroxyl groups is 1. The van der Waals surface area contributed by atoms with E-state index >= 15 is 0 Å². The van der Waals surface area contributed by atoms with Gasteiger partial charge in [-0.1, -0.05) is 13.5 Å². The van der Waals surface area contributed by atoms with Gasteiger partial charge in [-0.25, -0.2) is 0 Å². The molecule has 0 spiro atoms. The molecule has 23 heavy (non-hydrogen) atoms. The fourth-order valence-electron chi connectivity index (χ4n) is 5.92. The molecule has 5 atom stereocenters. The predicted octanol–water partition coefficient (Wildman–Crippen LogP) is 4.64. The summed E-state index contributed by atoms with van der Waals surface area (Å²) in [4.78, 5) is 0. The van der Waals surface area contributed by atoms with Gasteiger partial charge in [0.15, 0.2) is 0 Å². The zero-order valence-corrected chi connectivity index (χ0v) is 14.3. The van der Waals surface area contributed by atoms with Crippen molar-refractivity contribution in [1.29, 1.82) is 0 Å². The molecule has 0 bridgehead atoms. The highest BCUT2D eigenvalue weighted by atomic mass is 16.3. The minimum Gasteiger partial charge on any atom is -0.507 e. The molecule has 0 aliphatic heterocycles. The third-order valence-electron chi connectivity index (χ3n) is 7.25. The maximum absolute atomic E-state index is 10.5. The maximum atomic E-state index is 10.5. The first-order valence-electron chi connectivity index (χ1n) is 9.11. The fraction of sp³-hybridized carbons (Fsp3) is 0.619. The van der Waals surface area contributed by atoms with Crippen LogP contribution in [0.15, 0.2) is 18.7 Å². The van der Waals surface area contributed by atoms with Gasteiger partial charge in [0.1, 0.15) is 5.75 Å². The standard InChI is InChI=1S/C21H28O2/c1-12(2)16-11-17-13(10-19(16)22)4-5-15-14(17)8-9-21(3)18(15)6-7-20(21)23/h10-11,14-15,18,20,22-23H,1,4-9H2,2-3H3/t14?,15?,18-,20-,21-/m0/s1. The van der Waals surface area contributed by atoms with E-state index in [4.69, 9.17) is 0 Å². The summed E-state index contributed by atoms with van der Waals surface area (Å²) in [6.07, 6.45) is 6.61. The molecule has 2 unspecified atom stereocenters. The topological polar surface area (TPSA) is 40.5 Å². The van der Waals surface area contributed by atoms with Gasteiger partial charge in [-0.2, -0.15) is 0 Å². The van der Waals surface area contributed by atoms with E-state index in [0.717, 1.165) is 30.4 Å². The molecule has 4 rings (SSSR count). The Kier molecular flexibility index (Phi) is 3.39. The van der Waals surface area contributed by atoms with Crippen LogP contribution in [0.1, 0.15) is 68.6 Å². The largest absolute Gasteiger partial charge is 0.507 e. The van der Waals surface area contributed by atoms with Crippen molar-refractivity contribution in [3.05, 3.63) is 35.4 Å². The van der Waals surface area contributed by atoms with Crippen molar-refractivity contribution in [2.75, 3.05) is 0 Å². The zero-order chi connectivity index (χ0) is 16.4. The van der Waals surface area contributed by atoms with Gasteiger partial charge in [0.2, 0.25) is 0 Å². The molecule has 124 valence electrons. The van der Waals surface area contributed by atoms with Gasteiger partial charge in [0.05, 0.1) is 6.10 Å². The summed E-state index contributed by atoms with van der Waals surface area (Å²) in [6, 6.07) is 4.19. The monoisotopic (exact) mass is 312 g/mol. The molecule has 2 nitrogen and oxygen atoms in total. The third-order valence-corrected chi connectivity index (χ3v) is 7.25. The minimum absolute atomic E-state index is 0.111. The van der Waals surface area contributed by atoms with Crippen molar-refractivity contribution in [1.82, 2.24) is 0 Å². The molecule has 1 aromatic carbocycles. The van der Waals surface area contributed by atoms with Gasteiger partial charge < -0.3 is 10.2 Å². The second-order valence-corrected chi connectivity index (χ2v) is 8.40. The lowest BCUT2D eigenvalue weighted by molar-refractivity contribution is -0.0226. The van der Waals surface area contributed by atoms with Crippen molar-refractivity contribution in [3.63, 3.8) is 0 Å². The van der Waals surface area contributed by atoms with Crippen LogP contribution in [0, 0.1) is 17.3 Å². The average Bonchev–Trinajstić information content (AvgIpc) is 2.81. The first-order chi connectivity index (χ1) is 10.9. The molecule has 2 heteroatoms. The van der Waals surface area contributed by atoms with Crippen LogP contribution in [-0.4, -0.2) is 16.3 Å². The summed E-state index contributed by atoms with van der Waals surface area (Å²) in [5.41, 5.74) is 4.75. The number of hydrogen-bond acceptors (Lipinski definition) is 2. The number of rotatable bonds is 1. The Morgan fingerprint density at radius 2 is 2.00 bits per heavy atom. The first-order valence-corrected chi connectivity index (χ1v) is 9.11. The molecular weight excluding hydrogens is 284 g/mol. The molecule has 0 aromatic heterocycles. The Morgan fingerprint density at radius 1 is 1.22 bits per heavy atom. The zero-order valence-electron chi connectivity index (χ0n) is 14.3. The molecule has 2 fully saturated rings. The maximum Gasteiger partial charge on any atom is 0.123 e. The van der Waals surface area contributed by atoms with Crippen LogP contribution in [0.25, 0.3) is 5.57 Å². The molecule has 2 saturated carbocycles. The SMILES string of the molecule is C=C(C)c1cc2c(cc1O)CCC1C2CC[C@]2(C)[C@@H](O)CC[C@@H]12. The smallest absolute Gasteiger partial charge is 0.123 e. The van der Waals surface area contributed by atoms with Gasteiger partial charge in [-0.15, -0.1) is 0 Å². The summed E-state index contributed by atoms with van der Waals surface area (Å²) in [5.74, 6) is 2.33. The van der Waals surface area contributed by atoms with Gasteiger partial charge in [0, 0.05) is 5.56 Å². The molecule has 3 aliphatic carbocycles. The van der Waals surface area contributed by atoms with Crippen molar-refractivity contribution in [2.45, 2.75) is 64.4 Å². The molecule has 1 aromatic rings. The van der Waals surface area contributed by atoms with Gasteiger partial charge in [-0.05, 0) is 97.5 Å². The van der Waals surface area contributed by atoms with Crippen LogP contribution in [0.3, 0.4) is 0 Å². The number of aliphatic hydroxyl groups is 1. The molecule has 0 radical (unpaired) electrons. The lowest BCUT2D eigenvalue weighted by Gasteiger charge is -2.50. The van der Waals surface area contributed by atoms with Crippen molar-refractivity contribution in [3.8, 4) is 5.75 Å². The summed E-state index contributed by atoms with van der Waals surface area (Å²) < 4.78 is 0. The lowest BCUT2D eigenvalue weighted by atomic mass is 9.55. The van der Waals surface area contributed by atoms with Crippen molar-refractivity contribution < 1.29 is 10.2 Å². The van der Waals surface area contributed by atoms with E-state index in [9.17, 15) is 10.2 Å². The van der Waals surface area contributed by atoms with Gasteiger partial charge in [0.25, 0.3) is 0 Å². The number of aryl methyl sites for hydroxylation is 1. The van der Waals surface area contributed by atoms with E-state index in [1.807, 2.05) is 13.0 Å². The number of fused-ring (bicyclic) bond motifs is 5. The Labute approximate surface area is 139 Å². The fourth-order valence-corrected chi connectivity index (χ4v) is 5.92. The minimum atomic E-state index is -0.111. The third kappa shape index (κ3) is 2.11. The molecule has 0 heterocycles. The molecule has 0 amide bonds. The van der Waals surface area contributed by atoms with Crippen LogP contribution < -0.4 is 0 Å². The number of benzene rings is 1. The van der Waals surface area contributed by atoms with Gasteiger partial charge >= 0.3 is 0 Å². The number of phenolic OH excluding ortho intramolecular Hbond substituents is 1. The Bertz CT molecular complexity index is 662. The van der Waals surface area contributed by atoms with Crippen LogP contribution in [0.2, 0.25) is 0 Å². The van der Waals surface area contributed by atoms with Crippen LogP contribution in [0.4, 0.5) is 0 Å². The van der Waals surface area contributed by atoms with E-state index in [2.05, 4.69) is 19.6 Å². The van der Waals surface area contributed by atoms with Crippen LogP contribution in [-0.2, 0) is 6.42 Å².